The average molecular weight is 503 g/mol. The van der Waals surface area contributed by atoms with E-state index >= 15 is 0 Å². The lowest BCUT2D eigenvalue weighted by Gasteiger charge is -2.26. The predicted octanol–water partition coefficient (Wildman–Crippen LogP) is 5.21. The Labute approximate surface area is 211 Å². The molecule has 5 rings (SSSR count). The minimum atomic E-state index is -0.927. The second-order valence-electron chi connectivity index (χ2n) is 8.64. The molecule has 4 aromatic rings. The van der Waals surface area contributed by atoms with Gasteiger partial charge >= 0.3 is 5.97 Å². The Balaban J connectivity index is 1.22. The van der Waals surface area contributed by atoms with Crippen LogP contribution < -0.4 is 4.74 Å². The molecule has 0 aliphatic carbocycles. The Morgan fingerprint density at radius 1 is 1.28 bits per heavy atom. The smallest absolute Gasteiger partial charge is 0.346 e. The summed E-state index contributed by atoms with van der Waals surface area (Å²) < 4.78 is 21.9. The van der Waals surface area contributed by atoms with Gasteiger partial charge in [-0.1, -0.05) is 24.3 Å². The summed E-state index contributed by atoms with van der Waals surface area (Å²) in [6.45, 7) is 2.41. The van der Waals surface area contributed by atoms with E-state index in [0.717, 1.165) is 41.2 Å². The number of aryl methyl sites for hydroxylation is 1. The Kier molecular flexibility index (Phi) is 6.55. The summed E-state index contributed by atoms with van der Waals surface area (Å²) in [7, 11) is 1.92. The zero-order chi connectivity index (χ0) is 25.2. The van der Waals surface area contributed by atoms with Gasteiger partial charge in [0.15, 0.2) is 0 Å². The lowest BCUT2D eigenvalue weighted by atomic mass is 9.99. The number of aromatic nitrogens is 2. The molecule has 0 spiro atoms. The van der Waals surface area contributed by atoms with Crippen LogP contribution in [0.5, 0.6) is 5.75 Å². The van der Waals surface area contributed by atoms with Crippen molar-refractivity contribution in [3.8, 4) is 11.8 Å². The molecule has 0 radical (unpaired) electrons. The van der Waals surface area contributed by atoms with E-state index < -0.39 is 11.8 Å². The van der Waals surface area contributed by atoms with Crippen molar-refractivity contribution in [2.45, 2.75) is 19.6 Å². The molecule has 9 heteroatoms. The first-order chi connectivity index (χ1) is 17.4. The second kappa shape index (κ2) is 9.93. The molecule has 0 unspecified atom stereocenters. The Morgan fingerprint density at radius 3 is 2.83 bits per heavy atom. The highest BCUT2D eigenvalue weighted by Gasteiger charge is 2.19. The van der Waals surface area contributed by atoms with Crippen molar-refractivity contribution in [1.82, 2.24) is 14.5 Å². The molecule has 0 saturated carbocycles. The van der Waals surface area contributed by atoms with Crippen LogP contribution in [0.2, 0.25) is 0 Å². The van der Waals surface area contributed by atoms with E-state index in [2.05, 4.69) is 16.0 Å². The van der Waals surface area contributed by atoms with E-state index in [1.54, 1.807) is 18.2 Å². The summed E-state index contributed by atoms with van der Waals surface area (Å²) in [5.41, 5.74) is 3.84. The van der Waals surface area contributed by atoms with Crippen LogP contribution >= 0.6 is 11.3 Å². The molecule has 1 aliphatic rings. The van der Waals surface area contributed by atoms with Gasteiger partial charge in [-0.2, -0.15) is 5.26 Å². The van der Waals surface area contributed by atoms with Crippen molar-refractivity contribution in [3.05, 3.63) is 87.8 Å². The molecule has 7 nitrogen and oxygen atoms in total. The van der Waals surface area contributed by atoms with Gasteiger partial charge in [0.2, 0.25) is 0 Å². The van der Waals surface area contributed by atoms with Crippen molar-refractivity contribution < 1.29 is 19.0 Å². The number of rotatable bonds is 7. The molecule has 2 aromatic carbocycles. The molecular weight excluding hydrogens is 479 g/mol. The van der Waals surface area contributed by atoms with Gasteiger partial charge < -0.3 is 14.4 Å². The first kappa shape index (κ1) is 23.7. The maximum atomic E-state index is 14.1. The SMILES string of the molecule is Cn1c(CN2CC=C(c3cccc(OCc4ccc(C#N)cc4F)c3)CC2)nc2sc(C(=O)O)cc21. The van der Waals surface area contributed by atoms with Crippen LogP contribution in [-0.4, -0.2) is 38.6 Å². The zero-order valence-electron chi connectivity index (χ0n) is 19.6. The number of nitrogens with zero attached hydrogens (tertiary/aromatic N) is 4. The molecule has 36 heavy (non-hydrogen) atoms. The molecule has 1 aliphatic heterocycles. The van der Waals surface area contributed by atoms with Gasteiger partial charge in [0.25, 0.3) is 0 Å². The number of carboxylic acids is 1. The van der Waals surface area contributed by atoms with E-state index in [0.29, 0.717) is 22.7 Å². The molecule has 0 atom stereocenters. The largest absolute Gasteiger partial charge is 0.489 e. The van der Waals surface area contributed by atoms with Crippen LogP contribution in [0.4, 0.5) is 4.39 Å². The summed E-state index contributed by atoms with van der Waals surface area (Å²) in [4.78, 5) is 19.2. The zero-order valence-corrected chi connectivity index (χ0v) is 20.4. The molecular formula is C27H23FN4O3S. The Bertz CT molecular complexity index is 1530. The number of ether oxygens (including phenoxy) is 1. The summed E-state index contributed by atoms with van der Waals surface area (Å²) in [5, 5.41) is 18.1. The Morgan fingerprint density at radius 2 is 2.14 bits per heavy atom. The molecule has 0 bridgehead atoms. The van der Waals surface area contributed by atoms with Gasteiger partial charge in [-0.3, -0.25) is 4.90 Å². The van der Waals surface area contributed by atoms with Crippen molar-refractivity contribution in [2.75, 3.05) is 13.1 Å². The second-order valence-corrected chi connectivity index (χ2v) is 9.67. The molecule has 1 N–H and O–H groups in total. The van der Waals surface area contributed by atoms with Crippen molar-refractivity contribution >= 4 is 33.2 Å². The van der Waals surface area contributed by atoms with Crippen LogP contribution in [-0.2, 0) is 20.2 Å². The van der Waals surface area contributed by atoms with Crippen LogP contribution in [0.25, 0.3) is 15.9 Å². The highest BCUT2D eigenvalue weighted by atomic mass is 32.1. The molecule has 2 aromatic heterocycles. The number of thiophene rings is 1. The number of hydrogen-bond acceptors (Lipinski definition) is 6. The molecule has 0 fully saturated rings. The number of imidazole rings is 1. The number of benzene rings is 2. The maximum absolute atomic E-state index is 14.1. The highest BCUT2D eigenvalue weighted by Crippen LogP contribution is 2.29. The van der Waals surface area contributed by atoms with E-state index in [1.165, 1.54) is 23.0 Å². The van der Waals surface area contributed by atoms with E-state index in [1.807, 2.05) is 41.9 Å². The lowest BCUT2D eigenvalue weighted by molar-refractivity contribution is 0.0702. The average Bonchev–Trinajstić information content (AvgIpc) is 3.43. The van der Waals surface area contributed by atoms with Crippen LogP contribution in [0.15, 0.2) is 54.6 Å². The number of hydrogen-bond donors (Lipinski definition) is 1. The third-order valence-electron chi connectivity index (χ3n) is 6.32. The third kappa shape index (κ3) is 4.87. The fourth-order valence-corrected chi connectivity index (χ4v) is 5.19. The van der Waals surface area contributed by atoms with Gasteiger partial charge in [-0.25, -0.2) is 14.2 Å². The summed E-state index contributed by atoms with van der Waals surface area (Å²) >= 11 is 1.20. The van der Waals surface area contributed by atoms with Crippen molar-refractivity contribution in [1.29, 1.82) is 5.26 Å². The molecule has 3 heterocycles. The van der Waals surface area contributed by atoms with E-state index in [4.69, 9.17) is 10.00 Å². The van der Waals surface area contributed by atoms with Gasteiger partial charge in [0, 0.05) is 25.7 Å². The van der Waals surface area contributed by atoms with Crippen molar-refractivity contribution in [3.63, 3.8) is 0 Å². The first-order valence-corrected chi connectivity index (χ1v) is 12.2. The lowest BCUT2D eigenvalue weighted by Crippen LogP contribution is -2.29. The summed E-state index contributed by atoms with van der Waals surface area (Å²) in [5.74, 6) is 0.197. The summed E-state index contributed by atoms with van der Waals surface area (Å²) in [6.07, 6.45) is 3.08. The topological polar surface area (TPSA) is 91.4 Å². The van der Waals surface area contributed by atoms with Gasteiger partial charge in [-0.15, -0.1) is 11.3 Å². The quantitative estimate of drug-likeness (QED) is 0.373. The fraction of sp³-hybridized carbons (Fsp3) is 0.222. The number of carbonyl (C=O) groups is 1. The van der Waals surface area contributed by atoms with Crippen molar-refractivity contribution in [2.24, 2.45) is 7.05 Å². The number of carboxylic acid groups (broad SMARTS) is 1. The van der Waals surface area contributed by atoms with E-state index in [-0.39, 0.29) is 12.2 Å². The van der Waals surface area contributed by atoms with Crippen LogP contribution in [0, 0.1) is 17.1 Å². The third-order valence-corrected chi connectivity index (χ3v) is 7.33. The minimum Gasteiger partial charge on any atom is -0.489 e. The first-order valence-electron chi connectivity index (χ1n) is 11.4. The number of aromatic carboxylic acids is 1. The number of halogens is 1. The van der Waals surface area contributed by atoms with Crippen LogP contribution in [0.1, 0.15) is 38.6 Å². The van der Waals surface area contributed by atoms with Gasteiger partial charge in [-0.05, 0) is 47.9 Å². The maximum Gasteiger partial charge on any atom is 0.346 e. The van der Waals surface area contributed by atoms with Gasteiger partial charge in [0.05, 0.1) is 23.7 Å². The normalized spacial score (nSPS) is 14.0. The fourth-order valence-electron chi connectivity index (χ4n) is 4.27. The molecule has 182 valence electrons. The number of fused-ring (bicyclic) bond motifs is 1. The Hall–Kier alpha value is -4.00. The minimum absolute atomic E-state index is 0.0862. The molecule has 0 amide bonds. The molecule has 0 saturated heterocycles. The summed E-state index contributed by atoms with van der Waals surface area (Å²) in [6, 6.07) is 15.8. The van der Waals surface area contributed by atoms with E-state index in [9.17, 15) is 14.3 Å². The van der Waals surface area contributed by atoms with Crippen LogP contribution in [0.3, 0.4) is 0 Å². The highest BCUT2D eigenvalue weighted by molar-refractivity contribution is 7.20. The van der Waals surface area contributed by atoms with Gasteiger partial charge in [0.1, 0.15) is 33.7 Å². The predicted molar refractivity (Wildman–Crippen MR) is 135 cm³/mol. The monoisotopic (exact) mass is 502 g/mol. The number of nitriles is 1. The standard InChI is InChI=1S/C27H23FN4O3S/c1-31-23-13-24(27(33)34)36-26(23)30-25(31)15-32-9-7-18(8-10-32)19-3-2-4-21(12-19)35-16-20-6-5-17(14-29)11-22(20)28/h2-7,11-13H,8-10,15-16H2,1H3,(H,33,34).